The average Bonchev–Trinajstić information content (AvgIpc) is 3.63. The molecule has 3 aromatic rings. The van der Waals surface area contributed by atoms with E-state index in [9.17, 15) is 9.90 Å². The molecule has 0 saturated heterocycles. The van der Waals surface area contributed by atoms with E-state index in [1.807, 2.05) is 37.3 Å². The molecular formula is C29H38N4O6. The lowest BCUT2D eigenvalue weighted by atomic mass is 10.1. The van der Waals surface area contributed by atoms with Crippen LogP contribution in [-0.4, -0.2) is 68.7 Å². The van der Waals surface area contributed by atoms with E-state index in [-0.39, 0.29) is 0 Å². The third kappa shape index (κ3) is 8.00. The van der Waals surface area contributed by atoms with Crippen molar-refractivity contribution in [2.45, 2.75) is 71.1 Å². The van der Waals surface area contributed by atoms with Gasteiger partial charge in [0.05, 0.1) is 6.61 Å². The van der Waals surface area contributed by atoms with E-state index < -0.39 is 18.3 Å². The lowest BCUT2D eigenvalue weighted by molar-refractivity contribution is -0.142. The zero-order valence-electron chi connectivity index (χ0n) is 22.9. The van der Waals surface area contributed by atoms with Gasteiger partial charge in [0.1, 0.15) is 17.4 Å². The summed E-state index contributed by atoms with van der Waals surface area (Å²) in [5, 5.41) is 23.5. The van der Waals surface area contributed by atoms with Crippen LogP contribution in [0.4, 0.5) is 0 Å². The Kier molecular flexibility index (Phi) is 9.89. The quantitative estimate of drug-likeness (QED) is 0.287. The van der Waals surface area contributed by atoms with Gasteiger partial charge in [-0.3, -0.25) is 9.69 Å². The SMILES string of the molecule is Cc1cc(CCc2noc(-c3cccnc3OCC3CCCC3)n2)ccc1OC(O)CCN(C)[C@@H](C)C(=O)O. The number of aromatic nitrogens is 3. The topological polar surface area (TPSA) is 131 Å². The Labute approximate surface area is 229 Å². The number of ether oxygens (including phenoxy) is 2. The highest BCUT2D eigenvalue weighted by atomic mass is 16.6. The number of rotatable bonds is 14. The fourth-order valence-electron chi connectivity index (χ4n) is 4.66. The summed E-state index contributed by atoms with van der Waals surface area (Å²) < 4.78 is 17.3. The first-order valence-corrected chi connectivity index (χ1v) is 13.6. The first-order valence-electron chi connectivity index (χ1n) is 13.6. The Balaban J connectivity index is 1.29. The van der Waals surface area contributed by atoms with Gasteiger partial charge in [-0.1, -0.05) is 30.1 Å². The lowest BCUT2D eigenvalue weighted by Gasteiger charge is -2.23. The van der Waals surface area contributed by atoms with Gasteiger partial charge in [-0.25, -0.2) is 4.98 Å². The van der Waals surface area contributed by atoms with Crippen LogP contribution in [0.5, 0.6) is 11.6 Å². The number of likely N-dealkylation sites (N-methyl/N-ethyl adjacent to an activating group) is 1. The molecule has 4 rings (SSSR count). The maximum Gasteiger partial charge on any atom is 0.320 e. The van der Waals surface area contributed by atoms with Crippen molar-refractivity contribution >= 4 is 5.97 Å². The Morgan fingerprint density at radius 3 is 2.77 bits per heavy atom. The summed E-state index contributed by atoms with van der Waals surface area (Å²) in [4.78, 5) is 21.7. The average molecular weight is 539 g/mol. The maximum atomic E-state index is 11.1. The van der Waals surface area contributed by atoms with Gasteiger partial charge in [0.25, 0.3) is 5.89 Å². The minimum absolute atomic E-state index is 0.291. The summed E-state index contributed by atoms with van der Waals surface area (Å²) in [7, 11) is 1.71. The summed E-state index contributed by atoms with van der Waals surface area (Å²) in [5.41, 5.74) is 2.68. The largest absolute Gasteiger partial charge is 0.480 e. The molecule has 1 unspecified atom stereocenters. The molecule has 1 fully saturated rings. The monoisotopic (exact) mass is 538 g/mol. The van der Waals surface area contributed by atoms with Crippen molar-refractivity contribution in [1.82, 2.24) is 20.0 Å². The van der Waals surface area contributed by atoms with Crippen molar-refractivity contribution in [2.75, 3.05) is 20.2 Å². The number of aliphatic hydroxyl groups is 1. The number of aliphatic hydroxyl groups excluding tert-OH is 1. The van der Waals surface area contributed by atoms with E-state index in [2.05, 4.69) is 15.1 Å². The number of carbonyl (C=O) groups is 1. The van der Waals surface area contributed by atoms with Gasteiger partial charge in [0.2, 0.25) is 5.88 Å². The maximum absolute atomic E-state index is 11.1. The Hall–Kier alpha value is -3.50. The molecule has 1 aliphatic carbocycles. The molecular weight excluding hydrogens is 500 g/mol. The second-order valence-corrected chi connectivity index (χ2v) is 10.3. The van der Waals surface area contributed by atoms with Crippen LogP contribution in [-0.2, 0) is 17.6 Å². The molecule has 0 radical (unpaired) electrons. The van der Waals surface area contributed by atoms with Crippen molar-refractivity contribution in [3.63, 3.8) is 0 Å². The number of carboxylic acids is 1. The fourth-order valence-corrected chi connectivity index (χ4v) is 4.66. The zero-order valence-corrected chi connectivity index (χ0v) is 22.9. The number of hydrogen-bond donors (Lipinski definition) is 2. The highest BCUT2D eigenvalue weighted by Gasteiger charge is 2.20. The summed E-state index contributed by atoms with van der Waals surface area (Å²) >= 11 is 0. The second-order valence-electron chi connectivity index (χ2n) is 10.3. The smallest absolute Gasteiger partial charge is 0.320 e. The molecule has 2 atom stereocenters. The van der Waals surface area contributed by atoms with E-state index in [0.29, 0.717) is 67.2 Å². The highest BCUT2D eigenvalue weighted by molar-refractivity contribution is 5.72. The number of carboxylic acid groups (broad SMARTS) is 1. The standard InChI is InChI=1S/C29H38N4O6/c1-19-17-21(10-12-24(19)38-26(34)14-16-33(3)20(2)29(35)36)11-13-25-31-28(39-32-25)23-9-6-15-30-27(23)37-18-22-7-4-5-8-22/h6,9-10,12,15,17,20,22,26,34H,4-5,7-8,11,13-14,16,18H2,1-3H3,(H,35,36)/t20-,26?/m0/s1. The van der Waals surface area contributed by atoms with Crippen molar-refractivity contribution in [1.29, 1.82) is 0 Å². The number of nitrogens with zero attached hydrogens (tertiary/aromatic N) is 4. The van der Waals surface area contributed by atoms with E-state index in [1.54, 1.807) is 25.1 Å². The first-order chi connectivity index (χ1) is 18.8. The van der Waals surface area contributed by atoms with Crippen molar-refractivity contribution in [3.8, 4) is 23.1 Å². The van der Waals surface area contributed by atoms with Crippen molar-refractivity contribution in [3.05, 3.63) is 53.5 Å². The van der Waals surface area contributed by atoms with Gasteiger partial charge in [-0.05, 0) is 75.4 Å². The summed E-state index contributed by atoms with van der Waals surface area (Å²) in [6.45, 7) is 4.58. The molecule has 2 N–H and O–H groups in total. The molecule has 0 bridgehead atoms. The lowest BCUT2D eigenvalue weighted by Crippen LogP contribution is -2.38. The third-order valence-corrected chi connectivity index (χ3v) is 7.29. The molecule has 0 spiro atoms. The van der Waals surface area contributed by atoms with E-state index in [4.69, 9.17) is 19.1 Å². The number of pyridine rings is 1. The Morgan fingerprint density at radius 2 is 2.03 bits per heavy atom. The van der Waals surface area contributed by atoms with Crippen LogP contribution < -0.4 is 9.47 Å². The molecule has 10 nitrogen and oxygen atoms in total. The normalized spacial score (nSPS) is 15.4. The predicted molar refractivity (Wildman–Crippen MR) is 145 cm³/mol. The fraction of sp³-hybridized carbons (Fsp3) is 0.517. The van der Waals surface area contributed by atoms with Crippen LogP contribution in [0.25, 0.3) is 11.5 Å². The van der Waals surface area contributed by atoms with E-state index in [0.717, 1.165) is 11.1 Å². The zero-order chi connectivity index (χ0) is 27.8. The molecule has 2 aromatic heterocycles. The predicted octanol–water partition coefficient (Wildman–Crippen LogP) is 4.29. The molecule has 0 aliphatic heterocycles. The van der Waals surface area contributed by atoms with Crippen LogP contribution in [0, 0.1) is 12.8 Å². The van der Waals surface area contributed by atoms with Gasteiger partial charge in [0.15, 0.2) is 12.1 Å². The summed E-state index contributed by atoms with van der Waals surface area (Å²) in [6, 6.07) is 8.88. The minimum atomic E-state index is -1.03. The summed E-state index contributed by atoms with van der Waals surface area (Å²) in [6.07, 6.45) is 7.20. The van der Waals surface area contributed by atoms with Crippen LogP contribution >= 0.6 is 0 Å². The van der Waals surface area contributed by atoms with Gasteiger partial charge < -0.3 is 24.2 Å². The molecule has 0 amide bonds. The number of aryl methyl sites for hydroxylation is 3. The van der Waals surface area contributed by atoms with Crippen LogP contribution in [0.1, 0.15) is 56.0 Å². The molecule has 1 aliphatic rings. The first kappa shape index (κ1) is 28.5. The second kappa shape index (κ2) is 13.5. The van der Waals surface area contributed by atoms with Crippen LogP contribution in [0.2, 0.25) is 0 Å². The van der Waals surface area contributed by atoms with Crippen LogP contribution in [0.15, 0.2) is 41.1 Å². The Morgan fingerprint density at radius 1 is 1.23 bits per heavy atom. The molecule has 1 saturated carbocycles. The molecule has 10 heteroatoms. The van der Waals surface area contributed by atoms with E-state index in [1.165, 1.54) is 25.7 Å². The van der Waals surface area contributed by atoms with Crippen LogP contribution in [0.3, 0.4) is 0 Å². The van der Waals surface area contributed by atoms with Gasteiger partial charge in [0, 0.05) is 25.6 Å². The molecule has 210 valence electrons. The van der Waals surface area contributed by atoms with Gasteiger partial charge >= 0.3 is 5.97 Å². The number of benzene rings is 1. The van der Waals surface area contributed by atoms with E-state index >= 15 is 0 Å². The molecule has 2 heterocycles. The van der Waals surface area contributed by atoms with Crippen molar-refractivity contribution < 1.29 is 29.0 Å². The summed E-state index contributed by atoms with van der Waals surface area (Å²) in [5.74, 6) is 1.79. The van der Waals surface area contributed by atoms with Crippen molar-refractivity contribution in [2.24, 2.45) is 5.92 Å². The van der Waals surface area contributed by atoms with Gasteiger partial charge in [-0.15, -0.1) is 0 Å². The Bertz CT molecular complexity index is 1230. The highest BCUT2D eigenvalue weighted by Crippen LogP contribution is 2.30. The number of aliphatic carboxylic acids is 1. The van der Waals surface area contributed by atoms with Gasteiger partial charge in [-0.2, -0.15) is 4.98 Å². The number of hydrogen-bond acceptors (Lipinski definition) is 9. The molecule has 39 heavy (non-hydrogen) atoms. The third-order valence-electron chi connectivity index (χ3n) is 7.29. The minimum Gasteiger partial charge on any atom is -0.480 e. The molecule has 1 aromatic carbocycles.